The Balaban J connectivity index is 2.54. The van der Waals surface area contributed by atoms with E-state index in [-0.39, 0.29) is 5.82 Å². The Morgan fingerprint density at radius 2 is 2.00 bits per heavy atom. The van der Waals surface area contributed by atoms with Crippen molar-refractivity contribution < 1.29 is 4.39 Å². The highest BCUT2D eigenvalue weighted by molar-refractivity contribution is 5.68. The Labute approximate surface area is 111 Å². The molecule has 1 heterocycles. The normalized spacial score (nSPS) is 10.0. The molecule has 96 valence electrons. The second kappa shape index (κ2) is 5.49. The monoisotopic (exact) mass is 255 g/mol. The summed E-state index contributed by atoms with van der Waals surface area (Å²) < 4.78 is 12.9. The van der Waals surface area contributed by atoms with Crippen LogP contribution in [0.5, 0.6) is 0 Å². The van der Waals surface area contributed by atoms with Gasteiger partial charge in [0, 0.05) is 12.1 Å². The van der Waals surface area contributed by atoms with Gasteiger partial charge in [-0.1, -0.05) is 0 Å². The smallest absolute Gasteiger partial charge is 0.144 e. The number of nitriles is 1. The first-order chi connectivity index (χ1) is 9.15. The summed E-state index contributed by atoms with van der Waals surface area (Å²) in [6.07, 6.45) is 0. The zero-order valence-corrected chi connectivity index (χ0v) is 10.9. The molecule has 0 aliphatic heterocycles. The van der Waals surface area contributed by atoms with Gasteiger partial charge in [-0.15, -0.1) is 0 Å². The van der Waals surface area contributed by atoms with Crippen LogP contribution in [0.25, 0.3) is 11.3 Å². The molecule has 1 N–H and O–H groups in total. The number of halogens is 1. The van der Waals surface area contributed by atoms with E-state index in [1.54, 1.807) is 18.2 Å². The van der Waals surface area contributed by atoms with Crippen LogP contribution in [0.2, 0.25) is 0 Å². The topological polar surface area (TPSA) is 48.7 Å². The number of nitrogens with zero attached hydrogens (tertiary/aromatic N) is 2. The van der Waals surface area contributed by atoms with E-state index in [4.69, 9.17) is 5.26 Å². The predicted molar refractivity (Wildman–Crippen MR) is 73.2 cm³/mol. The minimum Gasteiger partial charge on any atom is -0.369 e. The summed E-state index contributed by atoms with van der Waals surface area (Å²) >= 11 is 0. The molecule has 0 saturated heterocycles. The summed E-state index contributed by atoms with van der Waals surface area (Å²) in [4.78, 5) is 4.48. The molecule has 0 bridgehead atoms. The largest absolute Gasteiger partial charge is 0.369 e. The van der Waals surface area contributed by atoms with E-state index >= 15 is 0 Å². The van der Waals surface area contributed by atoms with Crippen LogP contribution in [0.3, 0.4) is 0 Å². The molecule has 3 nitrogen and oxygen atoms in total. The minimum atomic E-state index is -0.276. The molecule has 1 aromatic carbocycles. The summed E-state index contributed by atoms with van der Waals surface area (Å²) in [5.41, 5.74) is 3.01. The van der Waals surface area contributed by atoms with E-state index in [0.29, 0.717) is 17.9 Å². The number of hydrogen-bond acceptors (Lipinski definition) is 3. The standard InChI is InChI=1S/C15H14FN3/c1-3-18-15-12(9-17)8-10(2)14(19-15)11-4-6-13(16)7-5-11/h4-8H,3H2,1-2H3,(H,18,19). The molecular weight excluding hydrogens is 241 g/mol. The van der Waals surface area contributed by atoms with E-state index in [0.717, 1.165) is 16.8 Å². The third kappa shape index (κ3) is 2.71. The first-order valence-corrected chi connectivity index (χ1v) is 6.07. The Kier molecular flexibility index (Phi) is 3.76. The molecule has 0 atom stereocenters. The Bertz CT molecular complexity index is 627. The second-order valence-corrected chi connectivity index (χ2v) is 4.20. The number of nitrogens with one attached hydrogen (secondary N) is 1. The molecule has 0 fully saturated rings. The quantitative estimate of drug-likeness (QED) is 0.913. The molecule has 0 amide bonds. The molecule has 2 rings (SSSR count). The lowest BCUT2D eigenvalue weighted by Crippen LogP contribution is -2.04. The van der Waals surface area contributed by atoms with Crippen LogP contribution in [0.15, 0.2) is 30.3 Å². The molecule has 0 spiro atoms. The summed E-state index contributed by atoms with van der Waals surface area (Å²) in [5, 5.41) is 12.2. The van der Waals surface area contributed by atoms with Crippen molar-refractivity contribution in [1.82, 2.24) is 4.98 Å². The maximum atomic E-state index is 12.9. The molecule has 4 heteroatoms. The van der Waals surface area contributed by atoms with Crippen molar-refractivity contribution in [3.05, 3.63) is 47.3 Å². The van der Waals surface area contributed by atoms with Gasteiger partial charge in [0.1, 0.15) is 17.7 Å². The maximum absolute atomic E-state index is 12.9. The Hall–Kier alpha value is -2.41. The number of aryl methyl sites for hydroxylation is 1. The highest BCUT2D eigenvalue weighted by Gasteiger charge is 2.10. The summed E-state index contributed by atoms with van der Waals surface area (Å²) in [5.74, 6) is 0.289. The third-order valence-corrected chi connectivity index (χ3v) is 2.80. The number of benzene rings is 1. The van der Waals surface area contributed by atoms with E-state index in [9.17, 15) is 4.39 Å². The average molecular weight is 255 g/mol. The van der Waals surface area contributed by atoms with Crippen molar-refractivity contribution in [2.75, 3.05) is 11.9 Å². The SMILES string of the molecule is CCNc1nc(-c2ccc(F)cc2)c(C)cc1C#N. The molecular formula is C15H14FN3. The van der Waals surface area contributed by atoms with Gasteiger partial charge in [-0.3, -0.25) is 0 Å². The lowest BCUT2D eigenvalue weighted by atomic mass is 10.0. The van der Waals surface area contributed by atoms with Gasteiger partial charge in [0.25, 0.3) is 0 Å². The number of pyridine rings is 1. The van der Waals surface area contributed by atoms with E-state index in [2.05, 4.69) is 16.4 Å². The lowest BCUT2D eigenvalue weighted by molar-refractivity contribution is 0.628. The van der Waals surface area contributed by atoms with Crippen LogP contribution in [0, 0.1) is 24.1 Å². The number of aromatic nitrogens is 1. The Morgan fingerprint density at radius 1 is 1.32 bits per heavy atom. The van der Waals surface area contributed by atoms with Crippen LogP contribution >= 0.6 is 0 Å². The van der Waals surface area contributed by atoms with Crippen LogP contribution in [0.1, 0.15) is 18.1 Å². The van der Waals surface area contributed by atoms with Gasteiger partial charge in [0.15, 0.2) is 0 Å². The van der Waals surface area contributed by atoms with Crippen molar-refractivity contribution in [3.63, 3.8) is 0 Å². The van der Waals surface area contributed by atoms with Crippen LogP contribution in [-0.2, 0) is 0 Å². The molecule has 0 saturated carbocycles. The second-order valence-electron chi connectivity index (χ2n) is 4.20. The maximum Gasteiger partial charge on any atom is 0.144 e. The van der Waals surface area contributed by atoms with Crippen LogP contribution < -0.4 is 5.32 Å². The van der Waals surface area contributed by atoms with Crippen molar-refractivity contribution in [2.24, 2.45) is 0 Å². The molecule has 19 heavy (non-hydrogen) atoms. The Morgan fingerprint density at radius 3 is 2.58 bits per heavy atom. The van der Waals surface area contributed by atoms with Gasteiger partial charge in [0.05, 0.1) is 11.3 Å². The fourth-order valence-corrected chi connectivity index (χ4v) is 1.90. The van der Waals surface area contributed by atoms with Gasteiger partial charge >= 0.3 is 0 Å². The highest BCUT2D eigenvalue weighted by Crippen LogP contribution is 2.25. The predicted octanol–water partition coefficient (Wildman–Crippen LogP) is 3.50. The van der Waals surface area contributed by atoms with Crippen molar-refractivity contribution in [1.29, 1.82) is 5.26 Å². The van der Waals surface area contributed by atoms with Gasteiger partial charge in [-0.05, 0) is 49.7 Å². The van der Waals surface area contributed by atoms with Crippen molar-refractivity contribution in [3.8, 4) is 17.3 Å². The van der Waals surface area contributed by atoms with E-state index in [1.165, 1.54) is 12.1 Å². The first kappa shape index (κ1) is 13.0. The molecule has 1 aromatic heterocycles. The molecule has 0 aliphatic rings. The van der Waals surface area contributed by atoms with Gasteiger partial charge in [-0.2, -0.15) is 5.26 Å². The summed E-state index contributed by atoms with van der Waals surface area (Å²) in [7, 11) is 0. The fourth-order valence-electron chi connectivity index (χ4n) is 1.90. The molecule has 0 aliphatic carbocycles. The molecule has 2 aromatic rings. The number of hydrogen-bond donors (Lipinski definition) is 1. The van der Waals surface area contributed by atoms with Gasteiger partial charge in [-0.25, -0.2) is 9.37 Å². The van der Waals surface area contributed by atoms with Gasteiger partial charge < -0.3 is 5.32 Å². The van der Waals surface area contributed by atoms with E-state index in [1.807, 2.05) is 13.8 Å². The van der Waals surface area contributed by atoms with E-state index < -0.39 is 0 Å². The lowest BCUT2D eigenvalue weighted by Gasteiger charge is -2.11. The van der Waals surface area contributed by atoms with Crippen molar-refractivity contribution >= 4 is 5.82 Å². The minimum absolute atomic E-state index is 0.276. The number of anilines is 1. The van der Waals surface area contributed by atoms with Crippen LogP contribution in [-0.4, -0.2) is 11.5 Å². The zero-order valence-electron chi connectivity index (χ0n) is 10.9. The van der Waals surface area contributed by atoms with Crippen LogP contribution in [0.4, 0.5) is 10.2 Å². The summed E-state index contributed by atoms with van der Waals surface area (Å²) in [6, 6.07) is 10.1. The van der Waals surface area contributed by atoms with Gasteiger partial charge in [0.2, 0.25) is 0 Å². The molecule has 0 radical (unpaired) electrons. The van der Waals surface area contributed by atoms with Crippen molar-refractivity contribution in [2.45, 2.75) is 13.8 Å². The highest BCUT2D eigenvalue weighted by atomic mass is 19.1. The third-order valence-electron chi connectivity index (χ3n) is 2.80. The molecule has 0 unspecified atom stereocenters. The summed E-state index contributed by atoms with van der Waals surface area (Å²) in [6.45, 7) is 4.52. The fraction of sp³-hybridized carbons (Fsp3) is 0.200. The zero-order chi connectivity index (χ0) is 13.8. The first-order valence-electron chi connectivity index (χ1n) is 6.07. The average Bonchev–Trinajstić information content (AvgIpc) is 2.41. The number of rotatable bonds is 3.